The molecule has 180 valence electrons. The fourth-order valence-electron chi connectivity index (χ4n) is 4.24. The van der Waals surface area contributed by atoms with Gasteiger partial charge >= 0.3 is 0 Å². The zero-order valence-electron chi connectivity index (χ0n) is 21.0. The minimum absolute atomic E-state index is 0.129. The van der Waals surface area contributed by atoms with Gasteiger partial charge < -0.3 is 20.1 Å². The third kappa shape index (κ3) is 4.37. The van der Waals surface area contributed by atoms with Crippen LogP contribution >= 0.6 is 0 Å². The summed E-state index contributed by atoms with van der Waals surface area (Å²) in [5, 5.41) is 32.8. The van der Waals surface area contributed by atoms with Gasteiger partial charge in [-0.3, -0.25) is 4.90 Å². The molecular weight excluding hydrogens is 438 g/mol. The van der Waals surface area contributed by atoms with Crippen LogP contribution in [0.3, 0.4) is 0 Å². The average Bonchev–Trinajstić information content (AvgIpc) is 2.82. The number of hydrogen-bond donors (Lipinski definition) is 3. The minimum atomic E-state index is 0.129. The molecule has 0 fully saturated rings. The van der Waals surface area contributed by atoms with Crippen molar-refractivity contribution in [2.75, 3.05) is 4.90 Å². The highest BCUT2D eigenvalue weighted by molar-refractivity contribution is 5.89. The molecule has 0 saturated carbocycles. The second kappa shape index (κ2) is 9.26. The van der Waals surface area contributed by atoms with Crippen LogP contribution in [-0.4, -0.2) is 15.3 Å². The van der Waals surface area contributed by atoms with Crippen molar-refractivity contribution in [1.82, 2.24) is 0 Å². The van der Waals surface area contributed by atoms with E-state index in [1.807, 2.05) is 94.1 Å². The van der Waals surface area contributed by atoms with E-state index in [0.717, 1.165) is 27.8 Å². The van der Waals surface area contributed by atoms with E-state index in [1.54, 1.807) is 13.0 Å². The molecule has 0 aromatic heterocycles. The predicted octanol–water partition coefficient (Wildman–Crippen LogP) is 7.92. The molecule has 0 unspecified atom stereocenters. The summed E-state index contributed by atoms with van der Waals surface area (Å²) in [6.45, 7) is 11.2. The highest BCUT2D eigenvalue weighted by atomic mass is 16.5. The first-order chi connectivity index (χ1) is 16.6. The molecule has 4 aromatic rings. The van der Waals surface area contributed by atoms with Gasteiger partial charge in [-0.15, -0.1) is 0 Å². The molecule has 4 rings (SSSR count). The van der Waals surface area contributed by atoms with Gasteiger partial charge in [0.15, 0.2) is 5.75 Å². The number of aromatic hydroxyl groups is 3. The van der Waals surface area contributed by atoms with Gasteiger partial charge in [-0.2, -0.15) is 0 Å². The molecule has 0 aliphatic carbocycles. The van der Waals surface area contributed by atoms with E-state index < -0.39 is 0 Å². The molecule has 4 aromatic carbocycles. The highest BCUT2D eigenvalue weighted by Crippen LogP contribution is 2.51. The number of nitrogens with zero attached hydrogens (tertiary/aromatic N) is 1. The Labute approximate surface area is 206 Å². The van der Waals surface area contributed by atoms with Crippen molar-refractivity contribution in [3.05, 3.63) is 94.0 Å². The molecule has 5 nitrogen and oxygen atoms in total. The summed E-state index contributed by atoms with van der Waals surface area (Å²) in [7, 11) is 0. The Morgan fingerprint density at radius 2 is 1.11 bits per heavy atom. The van der Waals surface area contributed by atoms with E-state index in [2.05, 4.69) is 0 Å². The van der Waals surface area contributed by atoms with Crippen LogP contribution in [0.1, 0.15) is 33.4 Å². The molecule has 0 spiro atoms. The number of rotatable bonds is 5. The van der Waals surface area contributed by atoms with Crippen LogP contribution in [0.4, 0.5) is 17.1 Å². The summed E-state index contributed by atoms with van der Waals surface area (Å²) in [6.07, 6.45) is 0. The van der Waals surface area contributed by atoms with Gasteiger partial charge in [0.2, 0.25) is 0 Å². The van der Waals surface area contributed by atoms with Crippen LogP contribution in [0.5, 0.6) is 28.7 Å². The number of anilines is 3. The van der Waals surface area contributed by atoms with Gasteiger partial charge in [0.1, 0.15) is 23.0 Å². The summed E-state index contributed by atoms with van der Waals surface area (Å²) in [4.78, 5) is 1.86. The SMILES string of the molecule is Cc1cc(O)c(C)c(Oc2ccccc2N(c2c(C)ccc(C)c2O)c2c(C)ccc(C)c2O)c1. The van der Waals surface area contributed by atoms with Crippen molar-refractivity contribution in [2.24, 2.45) is 0 Å². The lowest BCUT2D eigenvalue weighted by molar-refractivity contribution is 0.447. The standard InChI is InChI=1S/C30H31NO4/c1-17-15-24(32)22(6)26(16-17)35-25-10-8-7-9-23(25)31(27-18(2)11-13-20(4)29(27)33)28-19(3)12-14-21(5)30(28)34/h7-16,32-34H,1-6H3. The zero-order chi connectivity index (χ0) is 25.4. The molecule has 0 saturated heterocycles. The summed E-state index contributed by atoms with van der Waals surface area (Å²) in [5.41, 5.74) is 6.39. The Morgan fingerprint density at radius 3 is 1.69 bits per heavy atom. The maximum Gasteiger partial charge on any atom is 0.151 e. The van der Waals surface area contributed by atoms with Crippen LogP contribution in [0, 0.1) is 41.5 Å². The van der Waals surface area contributed by atoms with Crippen molar-refractivity contribution < 1.29 is 20.1 Å². The number of phenols is 3. The third-order valence-corrected chi connectivity index (χ3v) is 6.36. The molecule has 0 heterocycles. The quantitative estimate of drug-likeness (QED) is 0.277. The van der Waals surface area contributed by atoms with Crippen molar-refractivity contribution in [3.8, 4) is 28.7 Å². The largest absolute Gasteiger partial charge is 0.508 e. The minimum Gasteiger partial charge on any atom is -0.508 e. The Bertz CT molecular complexity index is 1370. The molecule has 0 bridgehead atoms. The Hall–Kier alpha value is -4.12. The maximum atomic E-state index is 11.2. The third-order valence-electron chi connectivity index (χ3n) is 6.36. The van der Waals surface area contributed by atoms with Gasteiger partial charge in [-0.1, -0.05) is 36.4 Å². The summed E-state index contributed by atoms with van der Waals surface area (Å²) >= 11 is 0. The summed E-state index contributed by atoms with van der Waals surface area (Å²) in [5.74, 6) is 1.47. The van der Waals surface area contributed by atoms with E-state index in [4.69, 9.17) is 4.74 Å². The number of phenolic OH excluding ortho intramolecular Hbond substituents is 3. The molecule has 0 aliphatic heterocycles. The number of benzene rings is 4. The van der Waals surface area contributed by atoms with Crippen molar-refractivity contribution in [3.63, 3.8) is 0 Å². The number of ether oxygens (including phenoxy) is 1. The molecule has 0 atom stereocenters. The molecule has 0 aliphatic rings. The van der Waals surface area contributed by atoms with Crippen LogP contribution < -0.4 is 9.64 Å². The first-order valence-electron chi connectivity index (χ1n) is 11.6. The first kappa shape index (κ1) is 24.0. The van der Waals surface area contributed by atoms with E-state index in [0.29, 0.717) is 34.1 Å². The topological polar surface area (TPSA) is 73.2 Å². The van der Waals surface area contributed by atoms with Gasteiger partial charge in [-0.05, 0) is 93.6 Å². The maximum absolute atomic E-state index is 11.2. The number of para-hydroxylation sites is 2. The zero-order valence-corrected chi connectivity index (χ0v) is 21.0. The van der Waals surface area contributed by atoms with E-state index >= 15 is 0 Å². The van der Waals surface area contributed by atoms with Gasteiger partial charge in [0.25, 0.3) is 0 Å². The second-order valence-corrected chi connectivity index (χ2v) is 9.11. The van der Waals surface area contributed by atoms with Crippen LogP contribution in [0.25, 0.3) is 0 Å². The lowest BCUT2D eigenvalue weighted by atomic mass is 10.0. The van der Waals surface area contributed by atoms with Gasteiger partial charge in [0.05, 0.1) is 17.1 Å². The fraction of sp³-hybridized carbons (Fsp3) is 0.200. The average molecular weight is 470 g/mol. The smallest absolute Gasteiger partial charge is 0.151 e. The second-order valence-electron chi connectivity index (χ2n) is 9.11. The molecule has 0 amide bonds. The normalized spacial score (nSPS) is 10.9. The number of aryl methyl sites for hydroxylation is 5. The van der Waals surface area contributed by atoms with Gasteiger partial charge in [-0.25, -0.2) is 0 Å². The molecular formula is C30H31NO4. The van der Waals surface area contributed by atoms with Crippen molar-refractivity contribution >= 4 is 17.1 Å². The van der Waals surface area contributed by atoms with Crippen LogP contribution in [-0.2, 0) is 0 Å². The Morgan fingerprint density at radius 1 is 0.600 bits per heavy atom. The molecule has 35 heavy (non-hydrogen) atoms. The fourth-order valence-corrected chi connectivity index (χ4v) is 4.24. The first-order valence-corrected chi connectivity index (χ1v) is 11.6. The summed E-state index contributed by atoms with van der Waals surface area (Å²) in [6, 6.07) is 18.7. The molecule has 5 heteroatoms. The lowest BCUT2D eigenvalue weighted by Gasteiger charge is -2.31. The highest BCUT2D eigenvalue weighted by Gasteiger charge is 2.27. The van der Waals surface area contributed by atoms with E-state index in [-0.39, 0.29) is 17.2 Å². The molecule has 0 radical (unpaired) electrons. The van der Waals surface area contributed by atoms with Crippen molar-refractivity contribution in [1.29, 1.82) is 0 Å². The van der Waals surface area contributed by atoms with Crippen LogP contribution in [0.2, 0.25) is 0 Å². The Balaban J connectivity index is 2.02. The van der Waals surface area contributed by atoms with Crippen molar-refractivity contribution in [2.45, 2.75) is 41.5 Å². The monoisotopic (exact) mass is 469 g/mol. The van der Waals surface area contributed by atoms with E-state index in [1.165, 1.54) is 0 Å². The Kier molecular flexibility index (Phi) is 6.35. The van der Waals surface area contributed by atoms with Gasteiger partial charge in [0, 0.05) is 5.56 Å². The van der Waals surface area contributed by atoms with E-state index in [9.17, 15) is 15.3 Å². The summed E-state index contributed by atoms with van der Waals surface area (Å²) < 4.78 is 6.38. The number of hydrogen-bond acceptors (Lipinski definition) is 5. The van der Waals surface area contributed by atoms with Crippen LogP contribution in [0.15, 0.2) is 60.7 Å². The lowest BCUT2D eigenvalue weighted by Crippen LogP contribution is -2.15. The predicted molar refractivity (Wildman–Crippen MR) is 141 cm³/mol. The molecule has 3 N–H and O–H groups in total.